The van der Waals surface area contributed by atoms with Gasteiger partial charge in [0, 0.05) is 0 Å². The first-order chi connectivity index (χ1) is 8.54. The molecule has 98 valence electrons. The number of para-hydroxylation sites is 1. The van der Waals surface area contributed by atoms with Crippen LogP contribution in [-0.4, -0.2) is 29.6 Å². The van der Waals surface area contributed by atoms with Crippen LogP contribution in [-0.2, 0) is 9.59 Å². The number of rotatable bonds is 6. The second kappa shape index (κ2) is 6.58. The van der Waals surface area contributed by atoms with Gasteiger partial charge in [0.25, 0.3) is 5.91 Å². The van der Waals surface area contributed by atoms with Crippen LogP contribution in [0.2, 0.25) is 0 Å². The first-order valence-corrected chi connectivity index (χ1v) is 5.44. The maximum Gasteiger partial charge on any atom is 0.326 e. The van der Waals surface area contributed by atoms with Gasteiger partial charge in [-0.25, -0.2) is 9.18 Å². The number of ether oxygens (including phenoxy) is 1. The van der Waals surface area contributed by atoms with Crippen LogP contribution in [0.3, 0.4) is 0 Å². The van der Waals surface area contributed by atoms with Crippen LogP contribution < -0.4 is 10.1 Å². The Bertz CT molecular complexity index is 436. The van der Waals surface area contributed by atoms with Gasteiger partial charge >= 0.3 is 5.97 Å². The Morgan fingerprint density at radius 3 is 2.67 bits per heavy atom. The molecule has 0 fully saturated rings. The van der Waals surface area contributed by atoms with Gasteiger partial charge in [-0.15, -0.1) is 0 Å². The summed E-state index contributed by atoms with van der Waals surface area (Å²) in [6.07, 6.45) is 0.265. The Kier molecular flexibility index (Phi) is 5.10. The minimum atomic E-state index is -1.11. The number of nitrogens with one attached hydrogen (secondary N) is 1. The van der Waals surface area contributed by atoms with E-state index in [9.17, 15) is 14.0 Å². The first kappa shape index (κ1) is 14.0. The third-order valence-corrected chi connectivity index (χ3v) is 2.24. The van der Waals surface area contributed by atoms with Gasteiger partial charge in [-0.1, -0.05) is 19.1 Å². The maximum absolute atomic E-state index is 13.1. The number of amides is 1. The molecule has 1 unspecified atom stereocenters. The lowest BCUT2D eigenvalue weighted by Crippen LogP contribution is -2.42. The highest BCUT2D eigenvalue weighted by Crippen LogP contribution is 2.14. The van der Waals surface area contributed by atoms with Gasteiger partial charge in [-0.2, -0.15) is 0 Å². The van der Waals surface area contributed by atoms with Crippen LogP contribution >= 0.6 is 0 Å². The van der Waals surface area contributed by atoms with Gasteiger partial charge in [-0.05, 0) is 18.6 Å². The number of halogens is 1. The van der Waals surface area contributed by atoms with Crippen LogP contribution in [0, 0.1) is 5.82 Å². The van der Waals surface area contributed by atoms with E-state index in [0.29, 0.717) is 0 Å². The molecule has 0 saturated heterocycles. The number of hydrogen-bond donors (Lipinski definition) is 2. The Labute approximate surface area is 104 Å². The van der Waals surface area contributed by atoms with E-state index in [1.54, 1.807) is 13.0 Å². The maximum atomic E-state index is 13.1. The van der Waals surface area contributed by atoms with E-state index in [4.69, 9.17) is 9.84 Å². The van der Waals surface area contributed by atoms with Crippen molar-refractivity contribution in [2.75, 3.05) is 6.61 Å². The van der Waals surface area contributed by atoms with Crippen molar-refractivity contribution in [1.82, 2.24) is 5.32 Å². The minimum Gasteiger partial charge on any atom is -0.481 e. The summed E-state index contributed by atoms with van der Waals surface area (Å²) in [6, 6.07) is 4.71. The predicted octanol–water partition coefficient (Wildman–Crippen LogP) is 1.18. The zero-order chi connectivity index (χ0) is 13.5. The van der Waals surface area contributed by atoms with Gasteiger partial charge in [-0.3, -0.25) is 4.79 Å². The third kappa shape index (κ3) is 4.04. The number of benzene rings is 1. The zero-order valence-electron chi connectivity index (χ0n) is 9.85. The lowest BCUT2D eigenvalue weighted by Gasteiger charge is -2.12. The summed E-state index contributed by atoms with van der Waals surface area (Å²) in [5.74, 6) is -2.34. The molecule has 0 spiro atoms. The molecule has 6 heteroatoms. The molecule has 1 aromatic rings. The topological polar surface area (TPSA) is 75.6 Å². The molecule has 0 heterocycles. The van der Waals surface area contributed by atoms with Gasteiger partial charge < -0.3 is 15.2 Å². The summed E-state index contributed by atoms with van der Waals surface area (Å²) in [5.41, 5.74) is 0. The van der Waals surface area contributed by atoms with Gasteiger partial charge in [0.2, 0.25) is 0 Å². The quantitative estimate of drug-likeness (QED) is 0.800. The Hall–Kier alpha value is -2.11. The fourth-order valence-electron chi connectivity index (χ4n) is 1.28. The van der Waals surface area contributed by atoms with Crippen LogP contribution in [0.5, 0.6) is 5.75 Å². The summed E-state index contributed by atoms with van der Waals surface area (Å²) in [6.45, 7) is 1.21. The molecule has 1 amide bonds. The van der Waals surface area contributed by atoms with Gasteiger partial charge in [0.15, 0.2) is 18.2 Å². The fraction of sp³-hybridized carbons (Fsp3) is 0.333. The molecule has 0 bridgehead atoms. The Morgan fingerprint density at radius 2 is 2.11 bits per heavy atom. The molecule has 18 heavy (non-hydrogen) atoms. The molecule has 0 aliphatic rings. The van der Waals surface area contributed by atoms with Crippen molar-refractivity contribution in [2.45, 2.75) is 19.4 Å². The van der Waals surface area contributed by atoms with E-state index in [2.05, 4.69) is 5.32 Å². The number of carboxylic acids is 1. The Morgan fingerprint density at radius 1 is 1.44 bits per heavy atom. The first-order valence-electron chi connectivity index (χ1n) is 5.44. The van der Waals surface area contributed by atoms with Crippen molar-refractivity contribution >= 4 is 11.9 Å². The van der Waals surface area contributed by atoms with E-state index in [1.807, 2.05) is 0 Å². The number of carbonyl (C=O) groups is 2. The van der Waals surface area contributed by atoms with E-state index in [0.717, 1.165) is 0 Å². The second-order valence-corrected chi connectivity index (χ2v) is 3.59. The van der Waals surface area contributed by atoms with E-state index < -0.39 is 30.3 Å². The molecule has 0 saturated carbocycles. The molecule has 0 radical (unpaired) electrons. The number of hydrogen-bond acceptors (Lipinski definition) is 3. The SMILES string of the molecule is CCC(NC(=O)COc1ccccc1F)C(=O)O. The predicted molar refractivity (Wildman–Crippen MR) is 61.8 cm³/mol. The van der Waals surface area contributed by atoms with Crippen LogP contribution in [0.25, 0.3) is 0 Å². The standard InChI is InChI=1S/C12H14FNO4/c1-2-9(12(16)17)14-11(15)7-18-10-6-4-3-5-8(10)13/h3-6,9H,2,7H2,1H3,(H,14,15)(H,16,17). The van der Waals surface area contributed by atoms with Crippen molar-refractivity contribution in [1.29, 1.82) is 0 Å². The van der Waals surface area contributed by atoms with Crippen molar-refractivity contribution in [3.8, 4) is 5.75 Å². The van der Waals surface area contributed by atoms with Gasteiger partial charge in [0.1, 0.15) is 6.04 Å². The number of aliphatic carboxylic acids is 1. The molecule has 0 aliphatic heterocycles. The molecule has 1 rings (SSSR count). The summed E-state index contributed by atoms with van der Waals surface area (Å²) in [4.78, 5) is 22.1. The van der Waals surface area contributed by atoms with Crippen molar-refractivity contribution in [3.63, 3.8) is 0 Å². The van der Waals surface area contributed by atoms with Crippen LogP contribution in [0.15, 0.2) is 24.3 Å². The second-order valence-electron chi connectivity index (χ2n) is 3.59. The van der Waals surface area contributed by atoms with Crippen LogP contribution in [0.1, 0.15) is 13.3 Å². The average molecular weight is 255 g/mol. The molecular formula is C12H14FNO4. The molecule has 5 nitrogen and oxygen atoms in total. The van der Waals surface area contributed by atoms with Crippen molar-refractivity contribution < 1.29 is 23.8 Å². The lowest BCUT2D eigenvalue weighted by molar-refractivity contribution is -0.142. The number of carbonyl (C=O) groups excluding carboxylic acids is 1. The van der Waals surface area contributed by atoms with E-state index >= 15 is 0 Å². The molecule has 1 atom stereocenters. The zero-order valence-corrected chi connectivity index (χ0v) is 9.85. The van der Waals surface area contributed by atoms with E-state index in [-0.39, 0.29) is 12.2 Å². The molecule has 2 N–H and O–H groups in total. The molecule has 0 aliphatic carbocycles. The molecular weight excluding hydrogens is 241 g/mol. The normalized spacial score (nSPS) is 11.7. The lowest BCUT2D eigenvalue weighted by atomic mass is 10.2. The summed E-state index contributed by atoms with van der Waals surface area (Å²) >= 11 is 0. The van der Waals surface area contributed by atoms with Crippen LogP contribution in [0.4, 0.5) is 4.39 Å². The summed E-state index contributed by atoms with van der Waals surface area (Å²) < 4.78 is 18.1. The summed E-state index contributed by atoms with van der Waals surface area (Å²) in [5, 5.41) is 11.0. The summed E-state index contributed by atoms with van der Waals surface area (Å²) in [7, 11) is 0. The molecule has 1 aromatic carbocycles. The Balaban J connectivity index is 2.47. The smallest absolute Gasteiger partial charge is 0.326 e. The molecule has 0 aromatic heterocycles. The highest BCUT2D eigenvalue weighted by atomic mass is 19.1. The highest BCUT2D eigenvalue weighted by Gasteiger charge is 2.17. The van der Waals surface area contributed by atoms with Gasteiger partial charge in [0.05, 0.1) is 0 Å². The van der Waals surface area contributed by atoms with Crippen molar-refractivity contribution in [2.24, 2.45) is 0 Å². The van der Waals surface area contributed by atoms with Crippen molar-refractivity contribution in [3.05, 3.63) is 30.1 Å². The highest BCUT2D eigenvalue weighted by molar-refractivity contribution is 5.84. The largest absolute Gasteiger partial charge is 0.481 e. The fourth-order valence-corrected chi connectivity index (χ4v) is 1.28. The third-order valence-electron chi connectivity index (χ3n) is 2.24. The number of carboxylic acid groups (broad SMARTS) is 1. The minimum absolute atomic E-state index is 0.0453. The average Bonchev–Trinajstić information content (AvgIpc) is 2.34. The monoisotopic (exact) mass is 255 g/mol. The van der Waals surface area contributed by atoms with E-state index in [1.165, 1.54) is 18.2 Å².